The molecule has 1 heterocycles. The number of carboxylic acids is 1. The normalized spacial score (nSPS) is 19.1. The molecule has 6 nitrogen and oxygen atoms in total. The molecular weight excluding hydrogens is 246 g/mol. The van der Waals surface area contributed by atoms with Gasteiger partial charge in [0.25, 0.3) is 0 Å². The number of nitrogens with one attached hydrogen (secondary N) is 1. The molecule has 1 atom stereocenters. The van der Waals surface area contributed by atoms with Crippen LogP contribution < -0.4 is 5.32 Å². The van der Waals surface area contributed by atoms with Gasteiger partial charge in [-0.3, -0.25) is 9.59 Å². The van der Waals surface area contributed by atoms with Gasteiger partial charge in [-0.15, -0.1) is 0 Å². The number of piperazine rings is 1. The molecular formula is C13H25N3O3. The lowest BCUT2D eigenvalue weighted by Gasteiger charge is -2.33. The van der Waals surface area contributed by atoms with Crippen LogP contribution in [-0.2, 0) is 9.59 Å². The lowest BCUT2D eigenvalue weighted by atomic mass is 10.2. The average Bonchev–Trinajstić information content (AvgIpc) is 2.39. The number of nitrogens with zero attached hydrogens (tertiary/aromatic N) is 2. The monoisotopic (exact) mass is 271 g/mol. The molecule has 0 bridgehead atoms. The first-order chi connectivity index (χ1) is 9.02. The van der Waals surface area contributed by atoms with Crippen LogP contribution in [0.5, 0.6) is 0 Å². The Labute approximate surface area is 114 Å². The Morgan fingerprint density at radius 2 is 1.79 bits per heavy atom. The lowest BCUT2D eigenvalue weighted by molar-refractivity contribution is -0.141. The van der Waals surface area contributed by atoms with Crippen LogP contribution in [-0.4, -0.2) is 72.1 Å². The standard InChI is InChI=1S/C13H25N3O3/c1-3-15-7-9-16(10-8-15)6-4-5-12(17)14-11(2)13(18)19/h11H,3-10H2,1-2H3,(H,14,17)(H,18,19). The molecule has 6 heteroatoms. The van der Waals surface area contributed by atoms with E-state index < -0.39 is 12.0 Å². The van der Waals surface area contributed by atoms with E-state index in [1.54, 1.807) is 0 Å². The van der Waals surface area contributed by atoms with Crippen molar-refractivity contribution in [2.75, 3.05) is 39.3 Å². The van der Waals surface area contributed by atoms with Crippen LogP contribution in [0.15, 0.2) is 0 Å². The van der Waals surface area contributed by atoms with Gasteiger partial charge in [-0.05, 0) is 26.4 Å². The lowest BCUT2D eigenvalue weighted by Crippen LogP contribution is -2.46. The van der Waals surface area contributed by atoms with Crippen molar-refractivity contribution in [3.63, 3.8) is 0 Å². The van der Waals surface area contributed by atoms with E-state index in [1.807, 2.05) is 0 Å². The summed E-state index contributed by atoms with van der Waals surface area (Å²) in [6.45, 7) is 9.96. The molecule has 19 heavy (non-hydrogen) atoms. The minimum absolute atomic E-state index is 0.179. The van der Waals surface area contributed by atoms with Crippen molar-refractivity contribution in [2.24, 2.45) is 0 Å². The van der Waals surface area contributed by atoms with Crippen molar-refractivity contribution in [2.45, 2.75) is 32.7 Å². The van der Waals surface area contributed by atoms with E-state index >= 15 is 0 Å². The van der Waals surface area contributed by atoms with Gasteiger partial charge < -0.3 is 20.2 Å². The highest BCUT2D eigenvalue weighted by molar-refractivity contribution is 5.83. The smallest absolute Gasteiger partial charge is 0.325 e. The third kappa shape index (κ3) is 6.02. The van der Waals surface area contributed by atoms with Gasteiger partial charge in [0, 0.05) is 32.6 Å². The van der Waals surface area contributed by atoms with E-state index in [0.29, 0.717) is 6.42 Å². The van der Waals surface area contributed by atoms with E-state index in [1.165, 1.54) is 6.92 Å². The molecule has 0 aliphatic carbocycles. The maximum absolute atomic E-state index is 11.5. The predicted molar refractivity (Wildman–Crippen MR) is 73.0 cm³/mol. The van der Waals surface area contributed by atoms with Gasteiger partial charge in [-0.2, -0.15) is 0 Å². The first kappa shape index (κ1) is 15.9. The zero-order valence-electron chi connectivity index (χ0n) is 11.9. The molecule has 1 fully saturated rings. The molecule has 0 spiro atoms. The maximum Gasteiger partial charge on any atom is 0.325 e. The second-order valence-corrected chi connectivity index (χ2v) is 5.01. The van der Waals surface area contributed by atoms with Crippen molar-refractivity contribution >= 4 is 11.9 Å². The summed E-state index contributed by atoms with van der Waals surface area (Å²) in [6.07, 6.45) is 1.18. The van der Waals surface area contributed by atoms with E-state index in [9.17, 15) is 9.59 Å². The minimum Gasteiger partial charge on any atom is -0.480 e. The summed E-state index contributed by atoms with van der Waals surface area (Å²) < 4.78 is 0. The van der Waals surface area contributed by atoms with Crippen LogP contribution in [0.2, 0.25) is 0 Å². The summed E-state index contributed by atoms with van der Waals surface area (Å²) in [7, 11) is 0. The molecule has 2 N–H and O–H groups in total. The Morgan fingerprint density at radius 3 is 2.32 bits per heavy atom. The third-order valence-corrected chi connectivity index (χ3v) is 3.54. The predicted octanol–water partition coefficient (Wildman–Crippen LogP) is -0.00660. The molecule has 1 rings (SSSR count). The van der Waals surface area contributed by atoms with Crippen LogP contribution in [0.1, 0.15) is 26.7 Å². The number of carboxylic acid groups (broad SMARTS) is 1. The van der Waals surface area contributed by atoms with Crippen LogP contribution in [0.4, 0.5) is 0 Å². The Kier molecular flexibility index (Phi) is 6.80. The number of carbonyl (C=O) groups excluding carboxylic acids is 1. The van der Waals surface area contributed by atoms with Crippen LogP contribution >= 0.6 is 0 Å². The molecule has 1 unspecified atom stereocenters. The maximum atomic E-state index is 11.5. The van der Waals surface area contributed by atoms with Crippen molar-refractivity contribution in [3.05, 3.63) is 0 Å². The fourth-order valence-electron chi connectivity index (χ4n) is 2.17. The molecule has 0 saturated carbocycles. The summed E-state index contributed by atoms with van der Waals surface area (Å²) >= 11 is 0. The van der Waals surface area contributed by atoms with E-state index in [4.69, 9.17) is 5.11 Å². The SMILES string of the molecule is CCN1CCN(CCCC(=O)NC(C)C(=O)O)CC1. The summed E-state index contributed by atoms with van der Waals surface area (Å²) in [6, 6.07) is -0.805. The summed E-state index contributed by atoms with van der Waals surface area (Å²) in [5.41, 5.74) is 0. The number of rotatable bonds is 7. The first-order valence-corrected chi connectivity index (χ1v) is 6.99. The van der Waals surface area contributed by atoms with E-state index in [2.05, 4.69) is 22.0 Å². The highest BCUT2D eigenvalue weighted by Gasteiger charge is 2.16. The molecule has 1 amide bonds. The van der Waals surface area contributed by atoms with Crippen molar-refractivity contribution in [3.8, 4) is 0 Å². The van der Waals surface area contributed by atoms with Gasteiger partial charge in [-0.1, -0.05) is 6.92 Å². The molecule has 0 aromatic heterocycles. The van der Waals surface area contributed by atoms with Gasteiger partial charge in [0.2, 0.25) is 5.91 Å². The van der Waals surface area contributed by atoms with Gasteiger partial charge in [0.15, 0.2) is 0 Å². The first-order valence-electron chi connectivity index (χ1n) is 6.99. The fraction of sp³-hybridized carbons (Fsp3) is 0.846. The van der Waals surface area contributed by atoms with Crippen LogP contribution in [0, 0.1) is 0 Å². The summed E-state index contributed by atoms with van der Waals surface area (Å²) in [5, 5.41) is 11.1. The molecule has 1 aliphatic rings. The Hall–Kier alpha value is -1.14. The number of carbonyl (C=O) groups is 2. The van der Waals surface area contributed by atoms with E-state index in [0.717, 1.165) is 45.7 Å². The second-order valence-electron chi connectivity index (χ2n) is 5.01. The number of hydrogen-bond acceptors (Lipinski definition) is 4. The van der Waals surface area contributed by atoms with E-state index in [-0.39, 0.29) is 5.91 Å². The minimum atomic E-state index is -0.996. The van der Waals surface area contributed by atoms with Crippen molar-refractivity contribution < 1.29 is 14.7 Å². The Balaban J connectivity index is 2.10. The summed E-state index contributed by atoms with van der Waals surface area (Å²) in [4.78, 5) is 26.9. The number of amides is 1. The highest BCUT2D eigenvalue weighted by atomic mass is 16.4. The average molecular weight is 271 g/mol. The topological polar surface area (TPSA) is 72.9 Å². The molecule has 0 aromatic rings. The van der Waals surface area contributed by atoms with Gasteiger partial charge in [0.1, 0.15) is 6.04 Å². The Bertz CT molecular complexity index is 302. The Morgan fingerprint density at radius 1 is 1.21 bits per heavy atom. The van der Waals surface area contributed by atoms with Crippen LogP contribution in [0.3, 0.4) is 0 Å². The van der Waals surface area contributed by atoms with Crippen molar-refractivity contribution in [1.82, 2.24) is 15.1 Å². The molecule has 110 valence electrons. The molecule has 0 radical (unpaired) electrons. The largest absolute Gasteiger partial charge is 0.480 e. The zero-order chi connectivity index (χ0) is 14.3. The summed E-state index contributed by atoms with van der Waals surface area (Å²) in [5.74, 6) is -1.17. The molecule has 1 saturated heterocycles. The van der Waals surface area contributed by atoms with Crippen molar-refractivity contribution in [1.29, 1.82) is 0 Å². The van der Waals surface area contributed by atoms with Gasteiger partial charge in [0.05, 0.1) is 0 Å². The fourth-order valence-corrected chi connectivity index (χ4v) is 2.17. The number of aliphatic carboxylic acids is 1. The second kappa shape index (κ2) is 8.12. The number of hydrogen-bond donors (Lipinski definition) is 2. The molecule has 1 aliphatic heterocycles. The zero-order valence-corrected chi connectivity index (χ0v) is 11.9. The highest BCUT2D eigenvalue weighted by Crippen LogP contribution is 2.03. The number of likely N-dealkylation sites (N-methyl/N-ethyl adjacent to an activating group) is 1. The molecule has 0 aromatic carbocycles. The van der Waals surface area contributed by atoms with Gasteiger partial charge >= 0.3 is 5.97 Å². The van der Waals surface area contributed by atoms with Gasteiger partial charge in [-0.25, -0.2) is 0 Å². The quantitative estimate of drug-likeness (QED) is 0.681. The third-order valence-electron chi connectivity index (χ3n) is 3.54. The van der Waals surface area contributed by atoms with Crippen LogP contribution in [0.25, 0.3) is 0 Å².